The molecule has 4 heterocycles. The van der Waals surface area contributed by atoms with E-state index in [0.717, 1.165) is 0 Å². The summed E-state index contributed by atoms with van der Waals surface area (Å²) in [6.45, 7) is 7.28. The van der Waals surface area contributed by atoms with Gasteiger partial charge in [0.05, 0.1) is 40.8 Å². The highest BCUT2D eigenvalue weighted by Crippen LogP contribution is 2.28. The highest BCUT2D eigenvalue weighted by Gasteiger charge is 2.24. The number of halogens is 1. The Labute approximate surface area is 202 Å². The highest BCUT2D eigenvalue weighted by atomic mass is 19.1. The van der Waals surface area contributed by atoms with Gasteiger partial charge in [-0.2, -0.15) is 5.10 Å². The SMILES string of the molecule is Cc1nn(C)c2nc(-c3ccco3)cc(C(=O)NCc3ccc(N4CC(C)OC(C)C4)c(F)c3)c12. The van der Waals surface area contributed by atoms with Gasteiger partial charge in [0.1, 0.15) is 11.5 Å². The van der Waals surface area contributed by atoms with E-state index in [1.54, 1.807) is 42.3 Å². The van der Waals surface area contributed by atoms with Gasteiger partial charge < -0.3 is 19.4 Å². The van der Waals surface area contributed by atoms with Crippen LogP contribution in [-0.4, -0.2) is 46.0 Å². The van der Waals surface area contributed by atoms with Crippen LogP contribution in [-0.2, 0) is 18.3 Å². The number of furan rings is 1. The van der Waals surface area contributed by atoms with Crippen LogP contribution in [0.1, 0.15) is 35.5 Å². The number of aryl methyl sites for hydroxylation is 2. The van der Waals surface area contributed by atoms with Crippen LogP contribution in [0.25, 0.3) is 22.5 Å². The Bertz CT molecular complexity index is 1370. The second-order valence-electron chi connectivity index (χ2n) is 9.07. The summed E-state index contributed by atoms with van der Waals surface area (Å²) in [5.74, 6) is -0.0432. The third-order valence-electron chi connectivity index (χ3n) is 6.21. The van der Waals surface area contributed by atoms with Crippen molar-refractivity contribution in [2.45, 2.75) is 39.5 Å². The topological polar surface area (TPSA) is 85.4 Å². The Hall–Kier alpha value is -3.72. The quantitative estimate of drug-likeness (QED) is 0.463. The molecule has 0 spiro atoms. The minimum Gasteiger partial charge on any atom is -0.463 e. The van der Waals surface area contributed by atoms with E-state index in [1.807, 2.05) is 31.7 Å². The number of ether oxygens (including phenoxy) is 1. The zero-order chi connectivity index (χ0) is 24.7. The maximum atomic E-state index is 15.0. The number of nitrogens with one attached hydrogen (secondary N) is 1. The zero-order valence-electron chi connectivity index (χ0n) is 20.2. The number of amides is 1. The van der Waals surface area contributed by atoms with Crippen molar-refractivity contribution in [2.24, 2.45) is 7.05 Å². The normalized spacial score (nSPS) is 18.3. The molecule has 1 fully saturated rings. The van der Waals surface area contributed by atoms with Gasteiger partial charge in [-0.25, -0.2) is 9.37 Å². The van der Waals surface area contributed by atoms with Gasteiger partial charge in [-0.05, 0) is 56.7 Å². The van der Waals surface area contributed by atoms with Crippen molar-refractivity contribution in [1.82, 2.24) is 20.1 Å². The molecule has 1 amide bonds. The fraction of sp³-hybridized carbons (Fsp3) is 0.346. The molecular formula is C26H28FN5O3. The number of pyridine rings is 1. The fourth-order valence-electron chi connectivity index (χ4n) is 4.74. The molecule has 4 aromatic rings. The van der Waals surface area contributed by atoms with Crippen LogP contribution in [0.15, 0.2) is 47.1 Å². The summed E-state index contributed by atoms with van der Waals surface area (Å²) in [4.78, 5) is 19.9. The number of carbonyl (C=O) groups is 1. The van der Waals surface area contributed by atoms with E-state index >= 15 is 0 Å². The maximum absolute atomic E-state index is 15.0. The third-order valence-corrected chi connectivity index (χ3v) is 6.21. The van der Waals surface area contributed by atoms with Crippen molar-refractivity contribution in [3.63, 3.8) is 0 Å². The standard InChI is InChI=1S/C26H28FN5O3/c1-15-13-32(14-16(2)35-15)22-8-7-18(10-20(22)27)12-28-26(33)19-11-21(23-6-5-9-34-23)29-25-24(19)17(3)30-31(25)4/h5-11,15-16H,12-14H2,1-4H3,(H,28,33). The summed E-state index contributed by atoms with van der Waals surface area (Å²) in [6, 6.07) is 10.4. The number of anilines is 1. The van der Waals surface area contributed by atoms with Crippen molar-refractivity contribution >= 4 is 22.6 Å². The van der Waals surface area contributed by atoms with Crippen molar-refractivity contribution in [3.8, 4) is 11.5 Å². The largest absolute Gasteiger partial charge is 0.463 e. The van der Waals surface area contributed by atoms with Gasteiger partial charge in [0.15, 0.2) is 11.4 Å². The smallest absolute Gasteiger partial charge is 0.252 e. The second kappa shape index (κ2) is 9.14. The van der Waals surface area contributed by atoms with Gasteiger partial charge in [0.2, 0.25) is 0 Å². The van der Waals surface area contributed by atoms with E-state index in [0.29, 0.717) is 58.1 Å². The van der Waals surface area contributed by atoms with Gasteiger partial charge in [0, 0.05) is 26.7 Å². The molecule has 2 unspecified atom stereocenters. The second-order valence-corrected chi connectivity index (χ2v) is 9.07. The Morgan fingerprint density at radius 1 is 1.20 bits per heavy atom. The third kappa shape index (κ3) is 4.51. The molecule has 1 aliphatic rings. The molecule has 0 radical (unpaired) electrons. The number of hydrogen-bond donors (Lipinski definition) is 1. The average molecular weight is 478 g/mol. The minimum atomic E-state index is -0.312. The van der Waals surface area contributed by atoms with Crippen molar-refractivity contribution < 1.29 is 18.3 Å². The Kier molecular flexibility index (Phi) is 6.02. The first-order valence-electron chi connectivity index (χ1n) is 11.7. The molecule has 35 heavy (non-hydrogen) atoms. The molecule has 1 aromatic carbocycles. The molecule has 0 bridgehead atoms. The first-order chi connectivity index (χ1) is 16.8. The number of carbonyl (C=O) groups excluding carboxylic acids is 1. The lowest BCUT2D eigenvalue weighted by Crippen LogP contribution is -2.45. The minimum absolute atomic E-state index is 0.0383. The summed E-state index contributed by atoms with van der Waals surface area (Å²) in [6.07, 6.45) is 1.64. The average Bonchev–Trinajstić information content (AvgIpc) is 3.45. The highest BCUT2D eigenvalue weighted by molar-refractivity contribution is 6.07. The van der Waals surface area contributed by atoms with Crippen LogP contribution in [0, 0.1) is 12.7 Å². The van der Waals surface area contributed by atoms with Gasteiger partial charge in [0.25, 0.3) is 5.91 Å². The zero-order valence-corrected chi connectivity index (χ0v) is 20.2. The Morgan fingerprint density at radius 2 is 1.97 bits per heavy atom. The molecule has 1 aliphatic heterocycles. The molecule has 5 rings (SSSR count). The van der Waals surface area contributed by atoms with E-state index < -0.39 is 0 Å². The molecular weight excluding hydrogens is 449 g/mol. The van der Waals surface area contributed by atoms with E-state index in [4.69, 9.17) is 9.15 Å². The summed E-state index contributed by atoms with van der Waals surface area (Å²) >= 11 is 0. The summed E-state index contributed by atoms with van der Waals surface area (Å²) in [5.41, 5.74) is 3.50. The van der Waals surface area contributed by atoms with E-state index in [1.165, 1.54) is 6.07 Å². The van der Waals surface area contributed by atoms with E-state index in [-0.39, 0.29) is 30.5 Å². The number of fused-ring (bicyclic) bond motifs is 1. The molecule has 182 valence electrons. The lowest BCUT2D eigenvalue weighted by molar-refractivity contribution is -0.00539. The van der Waals surface area contributed by atoms with Crippen molar-refractivity contribution in [3.05, 3.63) is 65.3 Å². The maximum Gasteiger partial charge on any atom is 0.252 e. The summed E-state index contributed by atoms with van der Waals surface area (Å²) in [5, 5.41) is 8.03. The molecule has 1 N–H and O–H groups in total. The first-order valence-corrected chi connectivity index (χ1v) is 11.7. The van der Waals surface area contributed by atoms with Crippen LogP contribution in [0.3, 0.4) is 0 Å². The molecule has 3 aromatic heterocycles. The van der Waals surface area contributed by atoms with Gasteiger partial charge in [-0.1, -0.05) is 6.07 Å². The van der Waals surface area contributed by atoms with Crippen LogP contribution in [0.5, 0.6) is 0 Å². The summed E-state index contributed by atoms with van der Waals surface area (Å²) < 4.78 is 27.9. The van der Waals surface area contributed by atoms with Crippen LogP contribution < -0.4 is 10.2 Å². The number of aromatic nitrogens is 3. The summed E-state index contributed by atoms with van der Waals surface area (Å²) in [7, 11) is 1.79. The molecule has 0 aliphatic carbocycles. The first kappa shape index (κ1) is 23.0. The van der Waals surface area contributed by atoms with Gasteiger partial charge >= 0.3 is 0 Å². The Balaban J connectivity index is 1.38. The van der Waals surface area contributed by atoms with Gasteiger partial charge in [-0.3, -0.25) is 9.48 Å². The van der Waals surface area contributed by atoms with Gasteiger partial charge in [-0.15, -0.1) is 0 Å². The number of rotatable bonds is 5. The molecule has 9 heteroatoms. The fourth-order valence-corrected chi connectivity index (χ4v) is 4.74. The number of nitrogens with zero attached hydrogens (tertiary/aromatic N) is 4. The number of benzene rings is 1. The van der Waals surface area contributed by atoms with Crippen LogP contribution in [0.4, 0.5) is 10.1 Å². The monoisotopic (exact) mass is 477 g/mol. The van der Waals surface area contributed by atoms with Crippen molar-refractivity contribution in [1.29, 1.82) is 0 Å². The number of hydrogen-bond acceptors (Lipinski definition) is 6. The molecule has 0 saturated carbocycles. The predicted molar refractivity (Wildman–Crippen MR) is 131 cm³/mol. The van der Waals surface area contributed by atoms with E-state index in [2.05, 4.69) is 15.4 Å². The molecule has 1 saturated heterocycles. The molecule has 8 nitrogen and oxygen atoms in total. The lowest BCUT2D eigenvalue weighted by atomic mass is 10.1. The van der Waals surface area contributed by atoms with E-state index in [9.17, 15) is 9.18 Å². The lowest BCUT2D eigenvalue weighted by Gasteiger charge is -2.37. The van der Waals surface area contributed by atoms with Crippen molar-refractivity contribution in [2.75, 3.05) is 18.0 Å². The van der Waals surface area contributed by atoms with Crippen LogP contribution in [0.2, 0.25) is 0 Å². The van der Waals surface area contributed by atoms with Crippen LogP contribution >= 0.6 is 0 Å². The number of morpholine rings is 1. The predicted octanol–water partition coefficient (Wildman–Crippen LogP) is 4.22. The molecule has 2 atom stereocenters. The Morgan fingerprint density at radius 3 is 2.66 bits per heavy atom.